The first-order valence-electron chi connectivity index (χ1n) is 11.4. The maximum atomic E-state index is 13.0. The molecule has 9 nitrogen and oxygen atoms in total. The molecular weight excluding hydrogens is 448 g/mol. The lowest BCUT2D eigenvalue weighted by Gasteiger charge is -2.31. The summed E-state index contributed by atoms with van der Waals surface area (Å²) in [6.07, 6.45) is 3.54. The fourth-order valence-corrected chi connectivity index (χ4v) is 5.27. The van der Waals surface area contributed by atoms with Crippen LogP contribution >= 0.6 is 0 Å². The van der Waals surface area contributed by atoms with Crippen molar-refractivity contribution in [1.29, 1.82) is 0 Å². The van der Waals surface area contributed by atoms with Crippen molar-refractivity contribution < 1.29 is 32.3 Å². The van der Waals surface area contributed by atoms with Crippen LogP contribution in [0.3, 0.4) is 0 Å². The van der Waals surface area contributed by atoms with Gasteiger partial charge in [0.05, 0.1) is 18.1 Å². The van der Waals surface area contributed by atoms with Gasteiger partial charge < -0.3 is 14.8 Å². The van der Waals surface area contributed by atoms with Crippen molar-refractivity contribution in [2.75, 3.05) is 13.2 Å². The van der Waals surface area contributed by atoms with Gasteiger partial charge in [-0.2, -0.15) is 4.72 Å². The van der Waals surface area contributed by atoms with Crippen LogP contribution in [0.5, 0.6) is 0 Å². The first-order chi connectivity index (χ1) is 15.6. The highest BCUT2D eigenvalue weighted by molar-refractivity contribution is 7.89. The second kappa shape index (κ2) is 11.6. The number of carbonyl (C=O) groups excluding carboxylic acids is 3. The molecule has 0 saturated carbocycles. The van der Waals surface area contributed by atoms with Crippen molar-refractivity contribution in [2.24, 2.45) is 5.92 Å². The molecule has 1 aliphatic heterocycles. The number of aryl methyl sites for hydroxylation is 1. The van der Waals surface area contributed by atoms with E-state index in [4.69, 9.17) is 9.47 Å². The van der Waals surface area contributed by atoms with Crippen molar-refractivity contribution in [3.05, 3.63) is 29.8 Å². The molecule has 184 valence electrons. The zero-order valence-electron chi connectivity index (χ0n) is 19.7. The van der Waals surface area contributed by atoms with E-state index in [1.807, 2.05) is 13.8 Å². The number of unbranched alkanes of at least 4 members (excludes halogenated alkanes) is 3. The molecule has 33 heavy (non-hydrogen) atoms. The first kappa shape index (κ1) is 26.8. The average Bonchev–Trinajstić information content (AvgIpc) is 3.04. The van der Waals surface area contributed by atoms with E-state index in [-0.39, 0.29) is 24.5 Å². The number of carbonyl (C=O) groups is 3. The summed E-state index contributed by atoms with van der Waals surface area (Å²) < 4.78 is 38.8. The standard InChI is InChI=1S/C23H34N2O7S/c1-5-8-9-10-11-18-19(25-33(29,30)17-14-12-16(4)13-15-17)20(26)24-23(18,21(27)31-6-2)22(28)32-7-3/h12-15,18-19,25H,5-11H2,1-4H3,(H,24,26)/t18-,19+/m0/s1. The summed E-state index contributed by atoms with van der Waals surface area (Å²) in [7, 11) is -4.10. The SMILES string of the molecule is CCCCCC[C@H]1[C@@H](NS(=O)(=O)c2ccc(C)cc2)C(=O)NC1(C(=O)OCC)C(=O)OCC. The van der Waals surface area contributed by atoms with Crippen molar-refractivity contribution in [3.8, 4) is 0 Å². The molecule has 1 fully saturated rings. The van der Waals surface area contributed by atoms with Crippen LogP contribution in [0.15, 0.2) is 29.2 Å². The van der Waals surface area contributed by atoms with E-state index in [0.717, 1.165) is 24.8 Å². The minimum Gasteiger partial charge on any atom is -0.464 e. The van der Waals surface area contributed by atoms with Crippen LogP contribution in [0.25, 0.3) is 0 Å². The number of hydrogen-bond acceptors (Lipinski definition) is 7. The van der Waals surface area contributed by atoms with Gasteiger partial charge in [-0.25, -0.2) is 18.0 Å². The van der Waals surface area contributed by atoms with E-state index in [2.05, 4.69) is 10.0 Å². The van der Waals surface area contributed by atoms with Gasteiger partial charge >= 0.3 is 11.9 Å². The van der Waals surface area contributed by atoms with Gasteiger partial charge in [0.1, 0.15) is 6.04 Å². The molecular formula is C23H34N2O7S. The van der Waals surface area contributed by atoms with Crippen LogP contribution in [0.1, 0.15) is 58.4 Å². The number of ether oxygens (including phenoxy) is 2. The second-order valence-corrected chi connectivity index (χ2v) is 9.82. The van der Waals surface area contributed by atoms with Crippen molar-refractivity contribution in [3.63, 3.8) is 0 Å². The fraction of sp³-hybridized carbons (Fsp3) is 0.609. The number of sulfonamides is 1. The number of esters is 2. The van der Waals surface area contributed by atoms with Crippen LogP contribution in [0, 0.1) is 12.8 Å². The number of rotatable bonds is 12. The summed E-state index contributed by atoms with van der Waals surface area (Å²) in [5.74, 6) is -3.68. The van der Waals surface area contributed by atoms with Gasteiger partial charge in [-0.05, 0) is 39.3 Å². The molecule has 0 aliphatic carbocycles. The van der Waals surface area contributed by atoms with Crippen LogP contribution in [-0.2, 0) is 33.9 Å². The van der Waals surface area contributed by atoms with Gasteiger partial charge in [-0.15, -0.1) is 0 Å². The maximum Gasteiger partial charge on any atom is 0.344 e. The van der Waals surface area contributed by atoms with Gasteiger partial charge in [-0.3, -0.25) is 4.79 Å². The second-order valence-electron chi connectivity index (χ2n) is 8.11. The van der Waals surface area contributed by atoms with E-state index < -0.39 is 45.4 Å². The highest BCUT2D eigenvalue weighted by Crippen LogP contribution is 2.36. The monoisotopic (exact) mass is 482 g/mol. The predicted molar refractivity (Wildman–Crippen MR) is 122 cm³/mol. The molecule has 2 atom stereocenters. The number of benzene rings is 1. The summed E-state index contributed by atoms with van der Waals surface area (Å²) in [6.45, 7) is 7.01. The lowest BCUT2D eigenvalue weighted by molar-refractivity contribution is -0.168. The molecule has 10 heteroatoms. The van der Waals surface area contributed by atoms with Crippen molar-refractivity contribution >= 4 is 27.9 Å². The zero-order valence-corrected chi connectivity index (χ0v) is 20.5. The van der Waals surface area contributed by atoms with Crippen LogP contribution in [-0.4, -0.2) is 51.1 Å². The molecule has 1 amide bonds. The lowest BCUT2D eigenvalue weighted by Crippen LogP contribution is -2.61. The van der Waals surface area contributed by atoms with Gasteiger partial charge in [-0.1, -0.05) is 50.3 Å². The molecule has 0 unspecified atom stereocenters. The fourth-order valence-electron chi connectivity index (χ4n) is 4.04. The third-order valence-electron chi connectivity index (χ3n) is 5.74. The Morgan fingerprint density at radius 2 is 1.58 bits per heavy atom. The Bertz CT molecular complexity index is 926. The molecule has 2 rings (SSSR count). The Labute approximate surface area is 195 Å². The Hall–Kier alpha value is -2.46. The predicted octanol–water partition coefficient (Wildman–Crippen LogP) is 2.22. The molecule has 0 aromatic heterocycles. The minimum atomic E-state index is -4.10. The summed E-state index contributed by atoms with van der Waals surface area (Å²) in [5.41, 5.74) is -1.24. The summed E-state index contributed by atoms with van der Waals surface area (Å²) in [6, 6.07) is 4.82. The largest absolute Gasteiger partial charge is 0.464 e. The normalized spacial score (nSPS) is 19.7. The van der Waals surface area contributed by atoms with Gasteiger partial charge in [0.25, 0.3) is 0 Å². The molecule has 1 saturated heterocycles. The molecule has 0 bridgehead atoms. The zero-order chi connectivity index (χ0) is 24.6. The van der Waals surface area contributed by atoms with E-state index in [1.54, 1.807) is 26.0 Å². The highest BCUT2D eigenvalue weighted by atomic mass is 32.2. The molecule has 1 heterocycles. The van der Waals surface area contributed by atoms with E-state index in [9.17, 15) is 22.8 Å². The molecule has 2 N–H and O–H groups in total. The Morgan fingerprint density at radius 3 is 2.09 bits per heavy atom. The van der Waals surface area contributed by atoms with Crippen LogP contribution in [0.4, 0.5) is 0 Å². The van der Waals surface area contributed by atoms with E-state index >= 15 is 0 Å². The van der Waals surface area contributed by atoms with Crippen molar-refractivity contribution in [1.82, 2.24) is 10.0 Å². The Morgan fingerprint density at radius 1 is 1.00 bits per heavy atom. The Kier molecular flexibility index (Phi) is 9.42. The van der Waals surface area contributed by atoms with E-state index in [1.165, 1.54) is 12.1 Å². The number of hydrogen-bond donors (Lipinski definition) is 2. The highest BCUT2D eigenvalue weighted by Gasteiger charge is 2.65. The third-order valence-corrected chi connectivity index (χ3v) is 7.20. The molecule has 1 aliphatic rings. The lowest BCUT2D eigenvalue weighted by atomic mass is 9.79. The van der Waals surface area contributed by atoms with Crippen LogP contribution < -0.4 is 10.0 Å². The maximum absolute atomic E-state index is 13.0. The number of amides is 1. The van der Waals surface area contributed by atoms with E-state index in [0.29, 0.717) is 6.42 Å². The summed E-state index contributed by atoms with van der Waals surface area (Å²) >= 11 is 0. The molecule has 1 aromatic carbocycles. The molecule has 0 radical (unpaired) electrons. The van der Waals surface area contributed by atoms with Crippen LogP contribution in [0.2, 0.25) is 0 Å². The quantitative estimate of drug-likeness (QED) is 0.266. The summed E-state index contributed by atoms with van der Waals surface area (Å²) in [5, 5.41) is 2.45. The molecule has 1 aromatic rings. The summed E-state index contributed by atoms with van der Waals surface area (Å²) in [4.78, 5) is 39.1. The Balaban J connectivity index is 2.48. The van der Waals surface area contributed by atoms with Gasteiger partial charge in [0, 0.05) is 5.92 Å². The minimum absolute atomic E-state index is 0.0157. The topological polar surface area (TPSA) is 128 Å². The van der Waals surface area contributed by atoms with Gasteiger partial charge in [0.15, 0.2) is 0 Å². The smallest absolute Gasteiger partial charge is 0.344 e. The number of nitrogens with one attached hydrogen (secondary N) is 2. The average molecular weight is 483 g/mol. The van der Waals surface area contributed by atoms with Crippen molar-refractivity contribution in [2.45, 2.75) is 76.3 Å². The first-order valence-corrected chi connectivity index (χ1v) is 12.9. The third kappa shape index (κ3) is 5.92. The molecule has 0 spiro atoms. The van der Waals surface area contributed by atoms with Gasteiger partial charge in [0.2, 0.25) is 21.5 Å².